The van der Waals surface area contributed by atoms with E-state index in [1.54, 1.807) is 6.26 Å². The maximum Gasteiger partial charge on any atom is 0.490 e. The van der Waals surface area contributed by atoms with Crippen LogP contribution in [0.3, 0.4) is 0 Å². The highest BCUT2D eigenvalue weighted by Gasteiger charge is 2.43. The number of amides is 1. The second-order valence-electron chi connectivity index (χ2n) is 9.31. The van der Waals surface area contributed by atoms with Gasteiger partial charge in [-0.25, -0.2) is 4.79 Å². The average molecular weight is 497 g/mol. The molecule has 3 heterocycles. The second-order valence-corrected chi connectivity index (χ2v) is 9.31. The molecule has 0 aliphatic carbocycles. The number of halogens is 3. The lowest BCUT2D eigenvalue weighted by Gasteiger charge is -2.46. The molecule has 192 valence electrons. The van der Waals surface area contributed by atoms with Crippen LogP contribution >= 0.6 is 0 Å². The van der Waals surface area contributed by atoms with Crippen molar-refractivity contribution in [1.29, 1.82) is 0 Å². The quantitative estimate of drug-likeness (QED) is 0.622. The van der Waals surface area contributed by atoms with Crippen molar-refractivity contribution in [1.82, 2.24) is 10.2 Å². The Morgan fingerprint density at radius 3 is 2.40 bits per heavy atom. The molecule has 2 aliphatic heterocycles. The SMILES string of the molecule is CC(C)NC(=O)CC1CC2(CCN(Cc3ccco3)CC2)Oc2ccccc21.O=C(O)C(F)(F)F. The van der Waals surface area contributed by atoms with Gasteiger partial charge in [0.2, 0.25) is 5.91 Å². The van der Waals surface area contributed by atoms with E-state index in [0.717, 1.165) is 50.4 Å². The topological polar surface area (TPSA) is 92.0 Å². The van der Waals surface area contributed by atoms with Gasteiger partial charge in [0.05, 0.1) is 12.8 Å². The molecule has 0 bridgehead atoms. The van der Waals surface area contributed by atoms with Crippen molar-refractivity contribution < 1.29 is 37.0 Å². The molecule has 1 unspecified atom stereocenters. The fraction of sp³-hybridized carbons (Fsp3) is 0.520. The first-order valence-electron chi connectivity index (χ1n) is 11.6. The lowest BCUT2D eigenvalue weighted by molar-refractivity contribution is -0.192. The number of carboxylic acids is 1. The van der Waals surface area contributed by atoms with Gasteiger partial charge in [0, 0.05) is 31.5 Å². The Hall–Kier alpha value is -3.01. The summed E-state index contributed by atoms with van der Waals surface area (Å²) in [6.45, 7) is 6.82. The minimum absolute atomic E-state index is 0.127. The molecule has 1 fully saturated rings. The number of carbonyl (C=O) groups is 2. The van der Waals surface area contributed by atoms with Crippen LogP contribution in [0.15, 0.2) is 47.1 Å². The molecule has 1 atom stereocenters. The van der Waals surface area contributed by atoms with Crippen LogP contribution in [0.4, 0.5) is 13.2 Å². The number of alkyl halides is 3. The summed E-state index contributed by atoms with van der Waals surface area (Å²) in [5.74, 6) is -0.459. The molecular weight excluding hydrogens is 465 g/mol. The van der Waals surface area contributed by atoms with Crippen molar-refractivity contribution in [2.75, 3.05) is 13.1 Å². The summed E-state index contributed by atoms with van der Waals surface area (Å²) in [6.07, 6.45) is 0.0317. The Kier molecular flexibility index (Phi) is 8.47. The molecule has 1 aromatic heterocycles. The number of hydrogen-bond acceptors (Lipinski definition) is 5. The highest BCUT2D eigenvalue weighted by Crippen LogP contribution is 2.46. The molecule has 4 rings (SSSR count). The van der Waals surface area contributed by atoms with Crippen LogP contribution in [0.5, 0.6) is 5.75 Å². The van der Waals surface area contributed by atoms with E-state index in [9.17, 15) is 18.0 Å². The molecule has 1 saturated heterocycles. The maximum absolute atomic E-state index is 12.5. The van der Waals surface area contributed by atoms with Gasteiger partial charge in [-0.05, 0) is 56.9 Å². The van der Waals surface area contributed by atoms with Gasteiger partial charge < -0.3 is 19.6 Å². The molecule has 1 amide bonds. The van der Waals surface area contributed by atoms with E-state index in [0.29, 0.717) is 6.42 Å². The van der Waals surface area contributed by atoms with Crippen LogP contribution in [-0.4, -0.2) is 52.8 Å². The number of rotatable bonds is 5. The monoisotopic (exact) mass is 496 g/mol. The largest absolute Gasteiger partial charge is 0.490 e. The normalized spacial score (nSPS) is 19.3. The summed E-state index contributed by atoms with van der Waals surface area (Å²) >= 11 is 0. The average Bonchev–Trinajstić information content (AvgIpc) is 3.28. The van der Waals surface area contributed by atoms with Gasteiger partial charge in [-0.15, -0.1) is 0 Å². The number of aliphatic carboxylic acids is 1. The Bertz CT molecular complexity index is 983. The van der Waals surface area contributed by atoms with Gasteiger partial charge in [-0.3, -0.25) is 9.69 Å². The number of benzene rings is 1. The van der Waals surface area contributed by atoms with Crippen LogP contribution in [0.25, 0.3) is 0 Å². The summed E-state index contributed by atoms with van der Waals surface area (Å²) in [5, 5.41) is 10.2. The van der Waals surface area contributed by atoms with Gasteiger partial charge in [0.15, 0.2) is 0 Å². The van der Waals surface area contributed by atoms with Crippen LogP contribution in [0, 0.1) is 0 Å². The fourth-order valence-corrected chi connectivity index (χ4v) is 4.58. The first-order valence-corrected chi connectivity index (χ1v) is 11.6. The summed E-state index contributed by atoms with van der Waals surface area (Å²) in [7, 11) is 0. The van der Waals surface area contributed by atoms with Crippen molar-refractivity contribution in [3.05, 3.63) is 54.0 Å². The molecule has 35 heavy (non-hydrogen) atoms. The number of furan rings is 1. The van der Waals surface area contributed by atoms with E-state index in [1.807, 2.05) is 38.1 Å². The van der Waals surface area contributed by atoms with Crippen molar-refractivity contribution in [3.63, 3.8) is 0 Å². The van der Waals surface area contributed by atoms with Crippen molar-refractivity contribution in [2.24, 2.45) is 0 Å². The molecule has 2 N–H and O–H groups in total. The molecule has 0 radical (unpaired) electrons. The Balaban J connectivity index is 0.000000429. The van der Waals surface area contributed by atoms with Crippen molar-refractivity contribution >= 4 is 11.9 Å². The summed E-state index contributed by atoms with van der Waals surface area (Å²) in [4.78, 5) is 23.8. The zero-order valence-corrected chi connectivity index (χ0v) is 19.8. The third kappa shape index (κ3) is 7.48. The maximum atomic E-state index is 12.5. The lowest BCUT2D eigenvalue weighted by Crippen LogP contribution is -2.50. The number of carbonyl (C=O) groups excluding carboxylic acids is 1. The molecule has 2 aromatic rings. The molecule has 2 aliphatic rings. The summed E-state index contributed by atoms with van der Waals surface area (Å²) in [6, 6.07) is 12.4. The van der Waals surface area contributed by atoms with Crippen molar-refractivity contribution in [2.45, 2.75) is 69.8 Å². The van der Waals surface area contributed by atoms with E-state index in [-0.39, 0.29) is 23.5 Å². The molecule has 10 heteroatoms. The van der Waals surface area contributed by atoms with E-state index in [2.05, 4.69) is 22.3 Å². The summed E-state index contributed by atoms with van der Waals surface area (Å²) < 4.78 is 43.8. The van der Waals surface area contributed by atoms with Gasteiger partial charge in [0.1, 0.15) is 17.1 Å². The predicted molar refractivity (Wildman–Crippen MR) is 122 cm³/mol. The zero-order valence-electron chi connectivity index (χ0n) is 19.8. The Morgan fingerprint density at radius 2 is 1.83 bits per heavy atom. The standard InChI is InChI=1S/C23H30N2O3.C2HF3O2/c1-17(2)24-22(26)14-18-15-23(28-21-8-4-3-7-20(18)21)9-11-25(12-10-23)16-19-6-5-13-27-19;3-2(4,5)1(6)7/h3-8,13,17-18H,9-12,14-16H2,1-2H3,(H,24,26);(H,6,7). The minimum atomic E-state index is -5.08. The number of ether oxygens (including phenoxy) is 1. The highest BCUT2D eigenvalue weighted by molar-refractivity contribution is 5.77. The Labute approximate surface area is 202 Å². The van der Waals surface area contributed by atoms with Gasteiger partial charge >= 0.3 is 12.1 Å². The molecule has 1 spiro atoms. The lowest BCUT2D eigenvalue weighted by atomic mass is 9.76. The van der Waals surface area contributed by atoms with Crippen molar-refractivity contribution in [3.8, 4) is 5.75 Å². The van der Waals surface area contributed by atoms with Crippen LogP contribution in [0.2, 0.25) is 0 Å². The number of likely N-dealkylation sites (tertiary alicyclic amines) is 1. The number of nitrogens with zero attached hydrogens (tertiary/aromatic N) is 1. The molecule has 1 aromatic carbocycles. The minimum Gasteiger partial charge on any atom is -0.487 e. The zero-order chi connectivity index (χ0) is 25.6. The fourth-order valence-electron chi connectivity index (χ4n) is 4.58. The van der Waals surface area contributed by atoms with Crippen LogP contribution in [0.1, 0.15) is 56.8 Å². The smallest absolute Gasteiger partial charge is 0.487 e. The van der Waals surface area contributed by atoms with Gasteiger partial charge in [-0.2, -0.15) is 13.2 Å². The first kappa shape index (κ1) is 26.6. The Morgan fingerprint density at radius 1 is 1.17 bits per heavy atom. The number of piperidine rings is 1. The third-order valence-corrected chi connectivity index (χ3v) is 6.15. The molecule has 0 saturated carbocycles. The van der Waals surface area contributed by atoms with E-state index in [1.165, 1.54) is 5.56 Å². The van der Waals surface area contributed by atoms with E-state index in [4.69, 9.17) is 19.1 Å². The number of nitrogens with one attached hydrogen (secondary N) is 1. The number of carboxylic acid groups (broad SMARTS) is 1. The second kappa shape index (κ2) is 11.2. The number of para-hydroxylation sites is 1. The number of fused-ring (bicyclic) bond motifs is 1. The van der Waals surface area contributed by atoms with E-state index >= 15 is 0 Å². The predicted octanol–water partition coefficient (Wildman–Crippen LogP) is 4.73. The van der Waals surface area contributed by atoms with Gasteiger partial charge in [0.25, 0.3) is 0 Å². The summed E-state index contributed by atoms with van der Waals surface area (Å²) in [5.41, 5.74) is 1.00. The van der Waals surface area contributed by atoms with Gasteiger partial charge in [-0.1, -0.05) is 18.2 Å². The third-order valence-electron chi connectivity index (χ3n) is 6.15. The van der Waals surface area contributed by atoms with Crippen LogP contribution in [-0.2, 0) is 16.1 Å². The first-order chi connectivity index (χ1) is 16.5. The molecular formula is C25H31F3N2O5. The van der Waals surface area contributed by atoms with Crippen LogP contribution < -0.4 is 10.1 Å². The molecule has 7 nitrogen and oxygen atoms in total. The van der Waals surface area contributed by atoms with E-state index < -0.39 is 12.1 Å². The highest BCUT2D eigenvalue weighted by atomic mass is 19.4. The number of hydrogen-bond donors (Lipinski definition) is 2.